The summed E-state index contributed by atoms with van der Waals surface area (Å²) < 4.78 is 0. The number of hydrogen-bond acceptors (Lipinski definition) is 3. The van der Waals surface area contributed by atoms with Gasteiger partial charge in [0.05, 0.1) is 6.04 Å². The number of nitrogens with one attached hydrogen (secondary N) is 2. The van der Waals surface area contributed by atoms with E-state index < -0.39 is 0 Å². The second kappa shape index (κ2) is 4.94. The maximum absolute atomic E-state index is 11.4. The fourth-order valence-corrected chi connectivity index (χ4v) is 2.07. The Labute approximate surface area is 92.0 Å². The van der Waals surface area contributed by atoms with Crippen molar-refractivity contribution < 1.29 is 4.79 Å². The second-order valence-corrected chi connectivity index (χ2v) is 5.36. The molecule has 1 amide bonds. The van der Waals surface area contributed by atoms with Crippen LogP contribution in [0.3, 0.4) is 0 Å². The molecular weight excluding hydrogens is 190 g/mol. The van der Waals surface area contributed by atoms with Crippen LogP contribution in [0, 0.1) is 5.92 Å². The highest BCUT2D eigenvalue weighted by Gasteiger charge is 2.30. The van der Waals surface area contributed by atoms with Gasteiger partial charge in [0.1, 0.15) is 0 Å². The predicted molar refractivity (Wildman–Crippen MR) is 61.5 cm³/mol. The number of primary amides is 1. The van der Waals surface area contributed by atoms with Crippen LogP contribution in [-0.2, 0) is 4.79 Å². The van der Waals surface area contributed by atoms with E-state index in [1.165, 1.54) is 0 Å². The van der Waals surface area contributed by atoms with Crippen molar-refractivity contribution in [2.75, 3.05) is 13.1 Å². The molecule has 0 aliphatic carbocycles. The molecule has 0 aromatic rings. The summed E-state index contributed by atoms with van der Waals surface area (Å²) in [5, 5.41) is 6.61. The molecule has 88 valence electrons. The molecule has 1 aliphatic rings. The molecule has 1 unspecified atom stereocenters. The number of carbonyl (C=O) groups excluding carboxylic acids is 1. The van der Waals surface area contributed by atoms with Gasteiger partial charge in [-0.2, -0.15) is 0 Å². The van der Waals surface area contributed by atoms with E-state index in [-0.39, 0.29) is 17.5 Å². The standard InChI is InChI=1S/C11H23N3O/c1-11(2,3)14-9(10(12)15)8-4-6-13-7-5-8/h8-9,13-14H,4-7H2,1-3H3,(H2,12,15). The van der Waals surface area contributed by atoms with E-state index in [1.54, 1.807) is 0 Å². The lowest BCUT2D eigenvalue weighted by molar-refractivity contribution is -0.122. The highest BCUT2D eigenvalue weighted by atomic mass is 16.1. The van der Waals surface area contributed by atoms with E-state index in [0.717, 1.165) is 25.9 Å². The third-order valence-electron chi connectivity index (χ3n) is 2.75. The van der Waals surface area contributed by atoms with Crippen molar-refractivity contribution in [3.05, 3.63) is 0 Å². The van der Waals surface area contributed by atoms with Crippen LogP contribution in [0.15, 0.2) is 0 Å². The normalized spacial score (nSPS) is 21.3. The van der Waals surface area contributed by atoms with Gasteiger partial charge in [-0.3, -0.25) is 4.79 Å². The Morgan fingerprint density at radius 3 is 2.33 bits per heavy atom. The Morgan fingerprint density at radius 2 is 1.93 bits per heavy atom. The van der Waals surface area contributed by atoms with Crippen LogP contribution in [0.2, 0.25) is 0 Å². The number of rotatable bonds is 3. The molecule has 4 heteroatoms. The van der Waals surface area contributed by atoms with Gasteiger partial charge in [0.15, 0.2) is 0 Å². The van der Waals surface area contributed by atoms with E-state index in [9.17, 15) is 4.79 Å². The van der Waals surface area contributed by atoms with Crippen LogP contribution in [0.1, 0.15) is 33.6 Å². The van der Waals surface area contributed by atoms with Gasteiger partial charge in [-0.25, -0.2) is 0 Å². The summed E-state index contributed by atoms with van der Waals surface area (Å²) in [5.74, 6) is 0.153. The van der Waals surface area contributed by atoms with Crippen LogP contribution in [-0.4, -0.2) is 30.6 Å². The van der Waals surface area contributed by atoms with Crippen molar-refractivity contribution in [1.29, 1.82) is 0 Å². The lowest BCUT2D eigenvalue weighted by atomic mass is 9.88. The van der Waals surface area contributed by atoms with Crippen molar-refractivity contribution in [2.45, 2.75) is 45.2 Å². The minimum Gasteiger partial charge on any atom is -0.368 e. The largest absolute Gasteiger partial charge is 0.368 e. The first-order chi connectivity index (χ1) is 6.90. The van der Waals surface area contributed by atoms with E-state index >= 15 is 0 Å². The van der Waals surface area contributed by atoms with Gasteiger partial charge in [-0.15, -0.1) is 0 Å². The van der Waals surface area contributed by atoms with E-state index in [0.29, 0.717) is 5.92 Å². The molecule has 0 aromatic carbocycles. The van der Waals surface area contributed by atoms with Gasteiger partial charge < -0.3 is 16.4 Å². The van der Waals surface area contributed by atoms with Crippen molar-refractivity contribution in [2.24, 2.45) is 11.7 Å². The fraction of sp³-hybridized carbons (Fsp3) is 0.909. The van der Waals surface area contributed by atoms with Gasteiger partial charge in [0, 0.05) is 5.54 Å². The zero-order valence-electron chi connectivity index (χ0n) is 9.97. The monoisotopic (exact) mass is 213 g/mol. The summed E-state index contributed by atoms with van der Waals surface area (Å²) in [6.07, 6.45) is 2.05. The molecule has 0 saturated carbocycles. The first-order valence-electron chi connectivity index (χ1n) is 5.68. The Kier molecular flexibility index (Phi) is 4.11. The minimum atomic E-state index is -0.225. The minimum absolute atomic E-state index is 0.0649. The molecule has 4 nitrogen and oxygen atoms in total. The predicted octanol–water partition coefficient (Wildman–Crippen LogP) is 0.228. The van der Waals surface area contributed by atoms with Gasteiger partial charge in [0.25, 0.3) is 0 Å². The highest BCUT2D eigenvalue weighted by molar-refractivity contribution is 5.80. The zero-order valence-corrected chi connectivity index (χ0v) is 9.97. The second-order valence-electron chi connectivity index (χ2n) is 5.36. The summed E-state index contributed by atoms with van der Waals surface area (Å²) >= 11 is 0. The van der Waals surface area contributed by atoms with Crippen LogP contribution in [0.25, 0.3) is 0 Å². The number of carbonyl (C=O) groups is 1. The van der Waals surface area contributed by atoms with Crippen molar-refractivity contribution in [1.82, 2.24) is 10.6 Å². The Hall–Kier alpha value is -0.610. The smallest absolute Gasteiger partial charge is 0.234 e. The van der Waals surface area contributed by atoms with Crippen LogP contribution >= 0.6 is 0 Å². The van der Waals surface area contributed by atoms with Crippen LogP contribution < -0.4 is 16.4 Å². The van der Waals surface area contributed by atoms with Crippen molar-refractivity contribution in [3.8, 4) is 0 Å². The number of amides is 1. The van der Waals surface area contributed by atoms with Gasteiger partial charge in [0.2, 0.25) is 5.91 Å². The quantitative estimate of drug-likeness (QED) is 0.628. The molecule has 15 heavy (non-hydrogen) atoms. The summed E-state index contributed by atoms with van der Waals surface area (Å²) in [6, 6.07) is -0.188. The number of piperidine rings is 1. The molecule has 1 fully saturated rings. The average molecular weight is 213 g/mol. The first kappa shape index (κ1) is 12.5. The first-order valence-corrected chi connectivity index (χ1v) is 5.68. The van der Waals surface area contributed by atoms with Gasteiger partial charge >= 0.3 is 0 Å². The van der Waals surface area contributed by atoms with Gasteiger partial charge in [-0.1, -0.05) is 0 Å². The van der Waals surface area contributed by atoms with E-state index in [1.807, 2.05) is 0 Å². The van der Waals surface area contributed by atoms with Gasteiger partial charge in [-0.05, 0) is 52.6 Å². The summed E-state index contributed by atoms with van der Waals surface area (Å²) in [5.41, 5.74) is 5.39. The maximum Gasteiger partial charge on any atom is 0.234 e. The molecule has 0 spiro atoms. The molecular formula is C11H23N3O. The van der Waals surface area contributed by atoms with Crippen LogP contribution in [0.5, 0.6) is 0 Å². The molecule has 1 heterocycles. The van der Waals surface area contributed by atoms with E-state index in [4.69, 9.17) is 5.73 Å². The average Bonchev–Trinajstić information content (AvgIpc) is 2.14. The summed E-state index contributed by atoms with van der Waals surface area (Å²) in [7, 11) is 0. The summed E-state index contributed by atoms with van der Waals surface area (Å²) in [4.78, 5) is 11.4. The molecule has 0 bridgehead atoms. The molecule has 1 aliphatic heterocycles. The molecule has 0 radical (unpaired) electrons. The van der Waals surface area contributed by atoms with Crippen molar-refractivity contribution in [3.63, 3.8) is 0 Å². The SMILES string of the molecule is CC(C)(C)NC(C(N)=O)C1CCNCC1. The zero-order chi connectivity index (χ0) is 11.5. The Balaban J connectivity index is 2.60. The number of nitrogens with two attached hydrogens (primary N) is 1. The lowest BCUT2D eigenvalue weighted by Gasteiger charge is -2.34. The maximum atomic E-state index is 11.4. The number of hydrogen-bond donors (Lipinski definition) is 3. The molecule has 1 rings (SSSR count). The summed E-state index contributed by atoms with van der Waals surface area (Å²) in [6.45, 7) is 8.15. The Morgan fingerprint density at radius 1 is 1.40 bits per heavy atom. The van der Waals surface area contributed by atoms with Crippen molar-refractivity contribution >= 4 is 5.91 Å². The highest BCUT2D eigenvalue weighted by Crippen LogP contribution is 2.18. The molecule has 0 aromatic heterocycles. The molecule has 4 N–H and O–H groups in total. The third kappa shape index (κ3) is 4.18. The van der Waals surface area contributed by atoms with Crippen LogP contribution in [0.4, 0.5) is 0 Å². The molecule has 1 saturated heterocycles. The third-order valence-corrected chi connectivity index (χ3v) is 2.75. The molecule has 1 atom stereocenters. The topological polar surface area (TPSA) is 67.1 Å². The van der Waals surface area contributed by atoms with E-state index in [2.05, 4.69) is 31.4 Å². The fourth-order valence-electron chi connectivity index (χ4n) is 2.07. The lowest BCUT2D eigenvalue weighted by Crippen LogP contribution is -2.55. The Bertz CT molecular complexity index is 216.